The molecule has 0 aliphatic heterocycles. The maximum absolute atomic E-state index is 6.43. The predicted molar refractivity (Wildman–Crippen MR) is 95.0 cm³/mol. The molecule has 0 radical (unpaired) electrons. The van der Waals surface area contributed by atoms with Gasteiger partial charge in [-0.3, -0.25) is 0 Å². The number of rotatable bonds is 8. The highest BCUT2D eigenvalue weighted by molar-refractivity contribution is 7.16. The molecule has 5 heteroatoms. The van der Waals surface area contributed by atoms with E-state index in [0.717, 1.165) is 23.3 Å². The first-order chi connectivity index (χ1) is 10.7. The van der Waals surface area contributed by atoms with Gasteiger partial charge < -0.3 is 13.3 Å². The summed E-state index contributed by atoms with van der Waals surface area (Å²) >= 11 is 0. The second-order valence-corrected chi connectivity index (χ2v) is 8.44. The van der Waals surface area contributed by atoms with Crippen molar-refractivity contribution in [2.75, 3.05) is 20.4 Å². The summed E-state index contributed by atoms with van der Waals surface area (Å²) in [5.41, 5.74) is 2.20. The minimum absolute atomic E-state index is 0.189. The highest BCUT2D eigenvalue weighted by Crippen LogP contribution is 2.31. The van der Waals surface area contributed by atoms with Gasteiger partial charge in [0.1, 0.15) is 6.10 Å². The molecule has 0 saturated carbocycles. The van der Waals surface area contributed by atoms with E-state index in [2.05, 4.69) is 33.5 Å². The Morgan fingerprint density at radius 2 is 1.32 bits per heavy atom. The molecule has 0 fully saturated rings. The van der Waals surface area contributed by atoms with Gasteiger partial charge in [-0.15, -0.1) is 9.24 Å². The fourth-order valence-electron chi connectivity index (χ4n) is 2.38. The van der Waals surface area contributed by atoms with Crippen LogP contribution in [-0.4, -0.2) is 29.2 Å². The lowest BCUT2D eigenvalue weighted by Crippen LogP contribution is -2.45. The van der Waals surface area contributed by atoms with E-state index in [9.17, 15) is 0 Å². The van der Waals surface area contributed by atoms with Crippen LogP contribution in [0.2, 0.25) is 6.04 Å². The van der Waals surface area contributed by atoms with Crippen LogP contribution < -0.4 is 0 Å². The van der Waals surface area contributed by atoms with Crippen molar-refractivity contribution in [3.63, 3.8) is 0 Å². The summed E-state index contributed by atoms with van der Waals surface area (Å²) in [5, 5.41) is 0. The highest BCUT2D eigenvalue weighted by atomic mass is 31.0. The summed E-state index contributed by atoms with van der Waals surface area (Å²) in [6.07, 6.45) is 0.690. The second-order valence-electron chi connectivity index (χ2n) is 4.95. The Morgan fingerprint density at radius 1 is 0.864 bits per heavy atom. The third-order valence-corrected chi connectivity index (χ3v) is 7.18. The maximum atomic E-state index is 6.43. The van der Waals surface area contributed by atoms with E-state index in [1.807, 2.05) is 36.4 Å². The topological polar surface area (TPSA) is 27.7 Å². The molecule has 22 heavy (non-hydrogen) atoms. The van der Waals surface area contributed by atoms with E-state index >= 15 is 0 Å². The molecule has 2 aromatic rings. The predicted octanol–water partition coefficient (Wildman–Crippen LogP) is 3.90. The largest absolute Gasteiger partial charge is 0.501 e. The van der Waals surface area contributed by atoms with E-state index in [1.165, 1.54) is 0 Å². The van der Waals surface area contributed by atoms with Gasteiger partial charge >= 0.3 is 8.80 Å². The molecule has 0 aromatic heterocycles. The van der Waals surface area contributed by atoms with Gasteiger partial charge in [0.05, 0.1) is 0 Å². The zero-order valence-corrected chi connectivity index (χ0v) is 15.2. The summed E-state index contributed by atoms with van der Waals surface area (Å²) in [4.78, 5) is 0. The third-order valence-electron chi connectivity index (χ3n) is 3.57. The van der Waals surface area contributed by atoms with Crippen LogP contribution in [-0.2, 0) is 13.3 Å². The minimum Gasteiger partial charge on any atom is -0.377 e. The second kappa shape index (κ2) is 8.56. The van der Waals surface area contributed by atoms with Crippen LogP contribution in [0.4, 0.5) is 0 Å². The zero-order valence-electron chi connectivity index (χ0n) is 13.1. The molecule has 0 heterocycles. The van der Waals surface area contributed by atoms with Gasteiger partial charge in [0.15, 0.2) is 0 Å². The Morgan fingerprint density at radius 3 is 1.68 bits per heavy atom. The van der Waals surface area contributed by atoms with Crippen molar-refractivity contribution < 1.29 is 13.3 Å². The third kappa shape index (κ3) is 4.25. The molecule has 0 aliphatic rings. The average molecular weight is 334 g/mol. The van der Waals surface area contributed by atoms with Crippen LogP contribution in [0, 0.1) is 0 Å². The van der Waals surface area contributed by atoms with E-state index in [1.54, 1.807) is 14.2 Å². The van der Waals surface area contributed by atoms with E-state index < -0.39 is 8.80 Å². The van der Waals surface area contributed by atoms with Crippen molar-refractivity contribution in [1.29, 1.82) is 0 Å². The molecule has 2 aromatic carbocycles. The Labute approximate surface area is 136 Å². The lowest BCUT2D eigenvalue weighted by atomic mass is 10.0. The van der Waals surface area contributed by atoms with Crippen LogP contribution in [0.3, 0.4) is 0 Å². The molecule has 0 bridgehead atoms. The molecular weight excluding hydrogens is 311 g/mol. The van der Waals surface area contributed by atoms with Gasteiger partial charge in [0, 0.05) is 20.3 Å². The number of hydrogen-bond donors (Lipinski definition) is 0. The molecule has 0 saturated heterocycles. The molecule has 0 amide bonds. The Hall–Kier alpha value is -1.03. The quantitative estimate of drug-likeness (QED) is 0.541. The van der Waals surface area contributed by atoms with Crippen molar-refractivity contribution in [1.82, 2.24) is 0 Å². The molecule has 1 unspecified atom stereocenters. The van der Waals surface area contributed by atoms with Crippen LogP contribution in [0.15, 0.2) is 60.7 Å². The van der Waals surface area contributed by atoms with Crippen molar-refractivity contribution in [3.8, 4) is 0 Å². The van der Waals surface area contributed by atoms with E-state index in [4.69, 9.17) is 13.3 Å². The Kier molecular flexibility index (Phi) is 6.74. The van der Waals surface area contributed by atoms with Gasteiger partial charge in [0.2, 0.25) is 0 Å². The standard InChI is InChI=1S/C17H23O3PSi/c1-18-22(19-2,14-13-21)20-17(15-9-5-3-6-10-15)16-11-7-4-8-12-16/h3-12,17H,13-14,21H2,1-2H3. The molecule has 3 nitrogen and oxygen atoms in total. The first-order valence-electron chi connectivity index (χ1n) is 7.33. The first kappa shape index (κ1) is 17.3. The molecule has 2 rings (SSSR count). The summed E-state index contributed by atoms with van der Waals surface area (Å²) in [6.45, 7) is 0. The van der Waals surface area contributed by atoms with Crippen LogP contribution in [0.25, 0.3) is 0 Å². The maximum Gasteiger partial charge on any atom is 0.501 e. The summed E-state index contributed by atoms with van der Waals surface area (Å²) in [7, 11) is 3.36. The monoisotopic (exact) mass is 334 g/mol. The smallest absolute Gasteiger partial charge is 0.377 e. The lowest BCUT2D eigenvalue weighted by molar-refractivity contribution is 0.0719. The average Bonchev–Trinajstić information content (AvgIpc) is 2.60. The molecule has 1 atom stereocenters. The van der Waals surface area contributed by atoms with Crippen LogP contribution >= 0.6 is 9.24 Å². The fourth-order valence-corrected chi connectivity index (χ4v) is 5.31. The summed E-state index contributed by atoms with van der Waals surface area (Å²) in [6, 6.07) is 21.1. The van der Waals surface area contributed by atoms with E-state index in [0.29, 0.717) is 0 Å². The van der Waals surface area contributed by atoms with E-state index in [-0.39, 0.29) is 6.10 Å². The summed E-state index contributed by atoms with van der Waals surface area (Å²) < 4.78 is 17.8. The molecule has 0 aliphatic carbocycles. The fraction of sp³-hybridized carbons (Fsp3) is 0.294. The molecule has 0 spiro atoms. The van der Waals surface area contributed by atoms with Crippen LogP contribution in [0.1, 0.15) is 17.2 Å². The van der Waals surface area contributed by atoms with Crippen molar-refractivity contribution in [2.45, 2.75) is 12.1 Å². The van der Waals surface area contributed by atoms with Crippen LogP contribution in [0.5, 0.6) is 0 Å². The molecular formula is C17H23O3PSi. The highest BCUT2D eigenvalue weighted by Gasteiger charge is 2.41. The van der Waals surface area contributed by atoms with Gasteiger partial charge in [-0.1, -0.05) is 60.7 Å². The SMILES string of the molecule is CO[Si](CCP)(OC)OC(c1ccccc1)c1ccccc1. The van der Waals surface area contributed by atoms with Gasteiger partial charge in [-0.05, 0) is 17.3 Å². The Bertz CT molecular complexity index is 507. The molecule has 118 valence electrons. The summed E-state index contributed by atoms with van der Waals surface area (Å²) in [5.74, 6) is 0. The lowest BCUT2D eigenvalue weighted by Gasteiger charge is -2.31. The van der Waals surface area contributed by atoms with Gasteiger partial charge in [-0.2, -0.15) is 0 Å². The van der Waals surface area contributed by atoms with Crippen molar-refractivity contribution in [2.24, 2.45) is 0 Å². The van der Waals surface area contributed by atoms with Crippen molar-refractivity contribution >= 4 is 18.0 Å². The minimum atomic E-state index is -2.69. The number of benzene rings is 2. The van der Waals surface area contributed by atoms with Gasteiger partial charge in [0.25, 0.3) is 0 Å². The zero-order chi connectivity index (χ0) is 15.8. The molecule has 0 N–H and O–H groups in total. The normalized spacial score (nSPS) is 11.8. The number of hydrogen-bond acceptors (Lipinski definition) is 3. The van der Waals surface area contributed by atoms with Gasteiger partial charge in [-0.25, -0.2) is 0 Å². The first-order valence-corrected chi connectivity index (χ1v) is 10.1. The Balaban J connectivity index is 2.37. The van der Waals surface area contributed by atoms with Crippen molar-refractivity contribution in [3.05, 3.63) is 71.8 Å².